The number of aromatic amines is 1. The zero-order valence-electron chi connectivity index (χ0n) is 15.8. The molecular weight excluding hydrogens is 396 g/mol. The maximum absolute atomic E-state index is 12.9. The van der Waals surface area contributed by atoms with E-state index in [0.717, 1.165) is 16.7 Å². The first kappa shape index (κ1) is 19.2. The van der Waals surface area contributed by atoms with Gasteiger partial charge in [0.2, 0.25) is 0 Å². The molecule has 1 aromatic carbocycles. The zero-order chi connectivity index (χ0) is 19.9. The van der Waals surface area contributed by atoms with Crippen LogP contribution >= 0.6 is 11.8 Å². The van der Waals surface area contributed by atoms with Gasteiger partial charge in [-0.25, -0.2) is 8.42 Å². The number of thioether (sulfide) groups is 1. The van der Waals surface area contributed by atoms with Gasteiger partial charge in [0, 0.05) is 36.1 Å². The van der Waals surface area contributed by atoms with Gasteiger partial charge in [-0.1, -0.05) is 30.0 Å². The molecule has 148 valence electrons. The molecule has 0 saturated carbocycles. The summed E-state index contributed by atoms with van der Waals surface area (Å²) in [6.07, 6.45) is 3.02. The third-order valence-electron chi connectivity index (χ3n) is 5.23. The van der Waals surface area contributed by atoms with Gasteiger partial charge >= 0.3 is 0 Å². The number of carbonyl (C=O) groups is 1. The van der Waals surface area contributed by atoms with E-state index in [1.165, 1.54) is 11.8 Å². The van der Waals surface area contributed by atoms with Crippen molar-refractivity contribution in [2.75, 3.05) is 11.5 Å². The van der Waals surface area contributed by atoms with E-state index >= 15 is 0 Å². The molecule has 0 bridgehead atoms. The van der Waals surface area contributed by atoms with E-state index in [1.807, 2.05) is 42.8 Å². The van der Waals surface area contributed by atoms with Crippen molar-refractivity contribution in [3.63, 3.8) is 0 Å². The number of carbonyl (C=O) groups excluding carboxylic acids is 1. The Labute approximate surface area is 167 Å². The van der Waals surface area contributed by atoms with Crippen LogP contribution in [0, 0.1) is 5.92 Å². The minimum atomic E-state index is -2.91. The molecule has 2 aromatic heterocycles. The van der Waals surface area contributed by atoms with Gasteiger partial charge in [-0.15, -0.1) is 10.2 Å². The quantitative estimate of drug-likeness (QED) is 0.488. The van der Waals surface area contributed by atoms with Crippen LogP contribution in [0.1, 0.15) is 29.5 Å². The van der Waals surface area contributed by atoms with Crippen LogP contribution in [-0.4, -0.2) is 50.7 Å². The number of aromatic nitrogens is 4. The Bertz CT molecular complexity index is 1130. The largest absolute Gasteiger partial charge is 0.360 e. The van der Waals surface area contributed by atoms with E-state index in [0.29, 0.717) is 23.6 Å². The fraction of sp³-hybridized carbons (Fsp3) is 0.421. The molecule has 4 rings (SSSR count). The lowest BCUT2D eigenvalue weighted by Gasteiger charge is -2.10. The molecule has 0 spiro atoms. The van der Waals surface area contributed by atoms with Crippen LogP contribution in [-0.2, 0) is 23.3 Å². The Morgan fingerprint density at radius 1 is 1.36 bits per heavy atom. The number of sulfone groups is 1. The van der Waals surface area contributed by atoms with Crippen LogP contribution in [0.2, 0.25) is 0 Å². The van der Waals surface area contributed by atoms with E-state index < -0.39 is 9.84 Å². The van der Waals surface area contributed by atoms with Crippen molar-refractivity contribution >= 4 is 38.3 Å². The van der Waals surface area contributed by atoms with E-state index in [-0.39, 0.29) is 28.5 Å². The van der Waals surface area contributed by atoms with Gasteiger partial charge in [0.15, 0.2) is 20.8 Å². The Hall–Kier alpha value is -2.13. The Morgan fingerprint density at radius 2 is 2.14 bits per heavy atom. The van der Waals surface area contributed by atoms with Crippen molar-refractivity contribution < 1.29 is 13.2 Å². The maximum Gasteiger partial charge on any atom is 0.191 e. The molecule has 1 aliphatic heterocycles. The van der Waals surface area contributed by atoms with Crippen LogP contribution in [0.5, 0.6) is 0 Å². The van der Waals surface area contributed by atoms with E-state index in [4.69, 9.17) is 0 Å². The van der Waals surface area contributed by atoms with Crippen LogP contribution in [0.4, 0.5) is 0 Å². The summed E-state index contributed by atoms with van der Waals surface area (Å²) in [5.41, 5.74) is 1.62. The number of para-hydroxylation sites is 1. The first-order valence-corrected chi connectivity index (χ1v) is 11.9. The molecule has 0 unspecified atom stereocenters. The second-order valence-corrected chi connectivity index (χ2v) is 10.8. The van der Waals surface area contributed by atoms with Crippen molar-refractivity contribution in [3.8, 4) is 0 Å². The highest BCUT2D eigenvalue weighted by molar-refractivity contribution is 8.00. The van der Waals surface area contributed by atoms with E-state index in [1.54, 1.807) is 6.20 Å². The van der Waals surface area contributed by atoms with Crippen molar-refractivity contribution in [2.45, 2.75) is 30.2 Å². The van der Waals surface area contributed by atoms with Crippen LogP contribution in [0.15, 0.2) is 35.6 Å². The summed E-state index contributed by atoms with van der Waals surface area (Å²) in [6, 6.07) is 7.74. The number of Topliss-reactive ketones (excluding diaryl/α,β-unsaturated/α-hetero) is 1. The number of nitrogens with zero attached hydrogens (tertiary/aromatic N) is 3. The van der Waals surface area contributed by atoms with Gasteiger partial charge < -0.3 is 9.55 Å². The summed E-state index contributed by atoms with van der Waals surface area (Å²) in [4.78, 5) is 16.1. The number of H-pyrrole nitrogens is 1. The highest BCUT2D eigenvalue weighted by atomic mass is 32.2. The molecule has 7 nitrogen and oxygen atoms in total. The van der Waals surface area contributed by atoms with Crippen LogP contribution in [0.25, 0.3) is 10.9 Å². The molecule has 1 N–H and O–H groups in total. The molecule has 1 saturated heterocycles. The third-order valence-corrected chi connectivity index (χ3v) is 8.20. The highest BCUT2D eigenvalue weighted by Gasteiger charge is 2.29. The molecule has 1 aliphatic rings. The number of fused-ring (bicyclic) bond motifs is 1. The Balaban J connectivity index is 1.47. The minimum Gasteiger partial charge on any atom is -0.360 e. The molecule has 2 atom stereocenters. The number of hydrogen-bond donors (Lipinski definition) is 1. The molecule has 1 fully saturated rings. The standard InChI is InChI=1S/C19H22N4O3S2/c1-12(18(24)15-10-20-16-6-4-3-5-14(15)16)27-19-22-21-17(23(19)2)9-13-7-8-28(25,26)11-13/h3-6,10,12-13,20H,7-9,11H2,1-2H3/t12-,13-/m1/s1. The molecule has 28 heavy (non-hydrogen) atoms. The fourth-order valence-corrected chi connectivity index (χ4v) is 6.39. The van der Waals surface area contributed by atoms with Gasteiger partial charge in [0.25, 0.3) is 0 Å². The van der Waals surface area contributed by atoms with Gasteiger partial charge in [-0.05, 0) is 25.3 Å². The monoisotopic (exact) mass is 418 g/mol. The molecule has 0 aliphatic carbocycles. The predicted molar refractivity (Wildman–Crippen MR) is 109 cm³/mol. The summed E-state index contributed by atoms with van der Waals surface area (Å²) in [6.45, 7) is 1.87. The number of benzene rings is 1. The molecule has 0 radical (unpaired) electrons. The van der Waals surface area contributed by atoms with Crippen molar-refractivity contribution in [2.24, 2.45) is 13.0 Å². The Morgan fingerprint density at radius 3 is 2.89 bits per heavy atom. The molecule has 0 amide bonds. The SMILES string of the molecule is C[C@@H](Sc1nnc(C[C@H]2CCS(=O)(=O)C2)n1C)C(=O)c1c[nH]c2ccccc12. The second kappa shape index (κ2) is 7.36. The predicted octanol–water partition coefficient (Wildman–Crippen LogP) is 2.64. The van der Waals surface area contributed by atoms with Gasteiger partial charge in [0.05, 0.1) is 16.8 Å². The Kier molecular flexibility index (Phi) is 5.05. The summed E-state index contributed by atoms with van der Waals surface area (Å²) in [5, 5.41) is 9.72. The lowest BCUT2D eigenvalue weighted by Crippen LogP contribution is -2.14. The van der Waals surface area contributed by atoms with E-state index in [2.05, 4.69) is 15.2 Å². The van der Waals surface area contributed by atoms with Crippen LogP contribution in [0.3, 0.4) is 0 Å². The van der Waals surface area contributed by atoms with Crippen molar-refractivity contribution in [1.29, 1.82) is 0 Å². The topological polar surface area (TPSA) is 97.7 Å². The van der Waals surface area contributed by atoms with E-state index in [9.17, 15) is 13.2 Å². The normalized spacial score (nSPS) is 19.9. The molecular formula is C19H22N4O3S2. The summed E-state index contributed by atoms with van der Waals surface area (Å²) in [7, 11) is -1.04. The fourth-order valence-electron chi connectivity index (χ4n) is 3.62. The van der Waals surface area contributed by atoms with Crippen molar-refractivity contribution in [1.82, 2.24) is 19.7 Å². The lowest BCUT2D eigenvalue weighted by atomic mass is 10.1. The molecule has 3 heterocycles. The molecule has 3 aromatic rings. The number of ketones is 1. The molecule has 9 heteroatoms. The summed E-state index contributed by atoms with van der Waals surface area (Å²) < 4.78 is 25.2. The number of nitrogens with one attached hydrogen (secondary N) is 1. The lowest BCUT2D eigenvalue weighted by molar-refractivity contribution is 0.0995. The van der Waals surface area contributed by atoms with Gasteiger partial charge in [0.1, 0.15) is 5.82 Å². The van der Waals surface area contributed by atoms with Crippen LogP contribution < -0.4 is 0 Å². The summed E-state index contributed by atoms with van der Waals surface area (Å²) >= 11 is 1.37. The second-order valence-electron chi connectivity index (χ2n) is 7.30. The average molecular weight is 419 g/mol. The minimum absolute atomic E-state index is 0.0360. The number of rotatable bonds is 6. The first-order chi connectivity index (χ1) is 13.3. The third kappa shape index (κ3) is 3.73. The van der Waals surface area contributed by atoms with Crippen molar-refractivity contribution in [3.05, 3.63) is 41.9 Å². The smallest absolute Gasteiger partial charge is 0.191 e. The van der Waals surface area contributed by atoms with Gasteiger partial charge in [-0.3, -0.25) is 4.79 Å². The van der Waals surface area contributed by atoms with Gasteiger partial charge in [-0.2, -0.15) is 0 Å². The summed E-state index contributed by atoms with van der Waals surface area (Å²) in [5.74, 6) is 1.37. The highest BCUT2D eigenvalue weighted by Crippen LogP contribution is 2.28. The first-order valence-electron chi connectivity index (χ1n) is 9.20. The average Bonchev–Trinajstić information content (AvgIpc) is 3.34. The maximum atomic E-state index is 12.9. The zero-order valence-corrected chi connectivity index (χ0v) is 17.4. The number of hydrogen-bond acceptors (Lipinski definition) is 6.